The number of hydrogen-bond acceptors (Lipinski definition) is 6. The molecule has 3 rings (SSSR count). The molecule has 0 radical (unpaired) electrons. The lowest BCUT2D eigenvalue weighted by Crippen LogP contribution is -2.30. The van der Waals surface area contributed by atoms with Gasteiger partial charge < -0.3 is 15.0 Å². The molecule has 168 valence electrons. The number of para-hydroxylation sites is 1. The van der Waals surface area contributed by atoms with Gasteiger partial charge in [0, 0.05) is 26.8 Å². The molecule has 9 heteroatoms. The van der Waals surface area contributed by atoms with Crippen LogP contribution in [-0.4, -0.2) is 47.1 Å². The Bertz CT molecular complexity index is 1200. The van der Waals surface area contributed by atoms with Crippen LogP contribution in [0, 0.1) is 0 Å². The van der Waals surface area contributed by atoms with E-state index in [1.54, 1.807) is 68.5 Å². The Hall–Kier alpha value is -3.59. The van der Waals surface area contributed by atoms with Crippen molar-refractivity contribution in [1.29, 1.82) is 0 Å². The molecule has 0 unspecified atom stereocenters. The van der Waals surface area contributed by atoms with Crippen molar-refractivity contribution in [3.05, 3.63) is 72.4 Å². The number of ether oxygens (including phenoxy) is 1. The molecule has 0 aliphatic carbocycles. The first kappa shape index (κ1) is 23.1. The van der Waals surface area contributed by atoms with Crippen LogP contribution in [0.4, 0.5) is 17.2 Å². The zero-order valence-corrected chi connectivity index (χ0v) is 19.3. The van der Waals surface area contributed by atoms with Gasteiger partial charge in [-0.15, -0.1) is 0 Å². The molecule has 0 atom stereocenters. The molecular formula is C23H26N4O4S. The summed E-state index contributed by atoms with van der Waals surface area (Å²) in [6.45, 7) is 2.02. The summed E-state index contributed by atoms with van der Waals surface area (Å²) in [4.78, 5) is 19.0. The third-order valence-electron chi connectivity index (χ3n) is 4.79. The zero-order chi connectivity index (χ0) is 23.3. The molecule has 1 aromatic heterocycles. The highest BCUT2D eigenvalue weighted by Crippen LogP contribution is 2.31. The van der Waals surface area contributed by atoms with Gasteiger partial charge in [0.05, 0.1) is 28.9 Å². The molecular weight excluding hydrogens is 428 g/mol. The maximum Gasteiger partial charge on any atom is 0.264 e. The Balaban J connectivity index is 2.00. The normalized spacial score (nSPS) is 11.0. The Morgan fingerprint density at radius 2 is 1.78 bits per heavy atom. The highest BCUT2D eigenvalue weighted by Gasteiger charge is 2.25. The number of carbonyl (C=O) groups excluding carboxylic acids is 1. The molecule has 0 aliphatic rings. The number of pyridine rings is 1. The van der Waals surface area contributed by atoms with Crippen molar-refractivity contribution in [2.75, 3.05) is 42.3 Å². The molecule has 1 N–H and O–H groups in total. The van der Waals surface area contributed by atoms with E-state index in [1.807, 2.05) is 6.07 Å². The van der Waals surface area contributed by atoms with E-state index in [9.17, 15) is 13.2 Å². The third kappa shape index (κ3) is 4.67. The van der Waals surface area contributed by atoms with Crippen LogP contribution in [0.3, 0.4) is 0 Å². The molecule has 32 heavy (non-hydrogen) atoms. The second kappa shape index (κ2) is 9.69. The first-order chi connectivity index (χ1) is 15.3. The van der Waals surface area contributed by atoms with E-state index in [0.717, 1.165) is 0 Å². The van der Waals surface area contributed by atoms with E-state index >= 15 is 0 Å². The number of sulfonamides is 1. The minimum Gasteiger partial charge on any atom is -0.495 e. The number of aromatic nitrogens is 1. The third-order valence-corrected chi connectivity index (χ3v) is 6.69. The maximum absolute atomic E-state index is 13.4. The van der Waals surface area contributed by atoms with E-state index in [1.165, 1.54) is 29.6 Å². The first-order valence-corrected chi connectivity index (χ1v) is 11.4. The second-order valence-electron chi connectivity index (χ2n) is 7.09. The van der Waals surface area contributed by atoms with Gasteiger partial charge in [-0.2, -0.15) is 0 Å². The van der Waals surface area contributed by atoms with Gasteiger partial charge in [-0.05, 0) is 49.4 Å². The number of amides is 1. The number of methoxy groups -OCH3 is 1. The summed E-state index contributed by atoms with van der Waals surface area (Å²) in [7, 11) is 1.16. The summed E-state index contributed by atoms with van der Waals surface area (Å²) in [5, 5.41) is 2.77. The molecule has 0 aliphatic heterocycles. The average molecular weight is 455 g/mol. The van der Waals surface area contributed by atoms with Gasteiger partial charge >= 0.3 is 0 Å². The van der Waals surface area contributed by atoms with Crippen LogP contribution in [0.5, 0.6) is 5.75 Å². The fourth-order valence-corrected chi connectivity index (χ4v) is 4.78. The van der Waals surface area contributed by atoms with Gasteiger partial charge in [-0.3, -0.25) is 9.10 Å². The molecule has 0 fully saturated rings. The molecule has 0 bridgehead atoms. The minimum atomic E-state index is -3.87. The maximum atomic E-state index is 13.4. The van der Waals surface area contributed by atoms with Crippen molar-refractivity contribution in [3.8, 4) is 5.75 Å². The molecule has 8 nitrogen and oxygen atoms in total. The number of hydrogen-bond donors (Lipinski definition) is 1. The van der Waals surface area contributed by atoms with Crippen molar-refractivity contribution in [1.82, 2.24) is 4.98 Å². The van der Waals surface area contributed by atoms with Crippen LogP contribution < -0.4 is 19.3 Å². The molecule has 2 aromatic carbocycles. The Morgan fingerprint density at radius 1 is 1.06 bits per heavy atom. The lowest BCUT2D eigenvalue weighted by molar-refractivity contribution is 0.102. The fourth-order valence-electron chi connectivity index (χ4n) is 3.28. The quantitative estimate of drug-likeness (QED) is 0.559. The van der Waals surface area contributed by atoms with Crippen LogP contribution in [0.2, 0.25) is 0 Å². The van der Waals surface area contributed by atoms with Gasteiger partial charge in [0.2, 0.25) is 0 Å². The highest BCUT2D eigenvalue weighted by molar-refractivity contribution is 7.92. The summed E-state index contributed by atoms with van der Waals surface area (Å²) in [6, 6.07) is 16.6. The van der Waals surface area contributed by atoms with Crippen molar-refractivity contribution in [2.24, 2.45) is 0 Å². The average Bonchev–Trinajstić information content (AvgIpc) is 2.80. The standard InChI is InChI=1S/C23H26N4O4S/c1-5-27(17-10-7-6-8-11-17)32(29,30)18-13-14-21(31-4)20(16-18)25-23(28)19-12-9-15-24-22(19)26(2)3/h6-16H,5H2,1-4H3,(H,25,28). The SMILES string of the molecule is CCN(c1ccccc1)S(=O)(=O)c1ccc(OC)c(NC(=O)c2cccnc2N(C)C)c1. The summed E-state index contributed by atoms with van der Waals surface area (Å²) in [5.74, 6) is 0.411. The molecule has 1 heterocycles. The van der Waals surface area contributed by atoms with Crippen LogP contribution >= 0.6 is 0 Å². The van der Waals surface area contributed by atoms with E-state index in [4.69, 9.17) is 4.74 Å². The predicted molar refractivity (Wildman–Crippen MR) is 126 cm³/mol. The first-order valence-electron chi connectivity index (χ1n) is 9.99. The number of nitrogens with one attached hydrogen (secondary N) is 1. The van der Waals surface area contributed by atoms with Crippen LogP contribution in [0.25, 0.3) is 0 Å². The van der Waals surface area contributed by atoms with Gasteiger partial charge in [-0.1, -0.05) is 18.2 Å². The summed E-state index contributed by atoms with van der Waals surface area (Å²) >= 11 is 0. The van der Waals surface area contributed by atoms with Gasteiger partial charge in [-0.25, -0.2) is 13.4 Å². The molecule has 0 saturated heterocycles. The largest absolute Gasteiger partial charge is 0.495 e. The lowest BCUT2D eigenvalue weighted by atomic mass is 10.2. The summed E-state index contributed by atoms with van der Waals surface area (Å²) < 4.78 is 33.4. The van der Waals surface area contributed by atoms with E-state index in [0.29, 0.717) is 22.8 Å². The number of anilines is 3. The summed E-state index contributed by atoms with van der Waals surface area (Å²) in [6.07, 6.45) is 1.60. The molecule has 3 aromatic rings. The van der Waals surface area contributed by atoms with E-state index in [-0.39, 0.29) is 17.1 Å². The second-order valence-corrected chi connectivity index (χ2v) is 8.95. The highest BCUT2D eigenvalue weighted by atomic mass is 32.2. The number of carbonyl (C=O) groups is 1. The topological polar surface area (TPSA) is 91.8 Å². The molecule has 0 spiro atoms. The Labute approximate surface area is 188 Å². The van der Waals surface area contributed by atoms with Crippen molar-refractivity contribution in [2.45, 2.75) is 11.8 Å². The van der Waals surface area contributed by atoms with Gasteiger partial charge in [0.25, 0.3) is 15.9 Å². The number of nitrogens with zero attached hydrogens (tertiary/aromatic N) is 3. The predicted octanol–water partition coefficient (Wildman–Crippen LogP) is 3.62. The Kier molecular flexibility index (Phi) is 6.99. The molecule has 1 amide bonds. The number of benzene rings is 2. The van der Waals surface area contributed by atoms with Crippen molar-refractivity contribution in [3.63, 3.8) is 0 Å². The monoisotopic (exact) mass is 454 g/mol. The van der Waals surface area contributed by atoms with Crippen LogP contribution in [-0.2, 0) is 10.0 Å². The molecule has 0 saturated carbocycles. The summed E-state index contributed by atoms with van der Waals surface area (Å²) in [5.41, 5.74) is 1.16. The fraction of sp³-hybridized carbons (Fsp3) is 0.217. The van der Waals surface area contributed by atoms with Gasteiger partial charge in [0.15, 0.2) is 0 Å². The van der Waals surface area contributed by atoms with Gasteiger partial charge in [0.1, 0.15) is 11.6 Å². The van der Waals surface area contributed by atoms with E-state index in [2.05, 4.69) is 10.3 Å². The zero-order valence-electron chi connectivity index (χ0n) is 18.4. The van der Waals surface area contributed by atoms with Crippen LogP contribution in [0.15, 0.2) is 71.8 Å². The minimum absolute atomic E-state index is 0.0401. The Morgan fingerprint density at radius 3 is 2.41 bits per heavy atom. The van der Waals surface area contributed by atoms with Crippen LogP contribution in [0.1, 0.15) is 17.3 Å². The smallest absolute Gasteiger partial charge is 0.264 e. The van der Waals surface area contributed by atoms with Crippen molar-refractivity contribution < 1.29 is 17.9 Å². The van der Waals surface area contributed by atoms with Crippen molar-refractivity contribution >= 4 is 33.1 Å². The lowest BCUT2D eigenvalue weighted by Gasteiger charge is -2.23. The van der Waals surface area contributed by atoms with E-state index < -0.39 is 15.9 Å². The number of rotatable bonds is 8.